The number of hydrogen-bond acceptors (Lipinski definition) is 2. The Morgan fingerprint density at radius 1 is 1.26 bits per heavy atom. The van der Waals surface area contributed by atoms with Gasteiger partial charge in [0.05, 0.1) is 6.61 Å². The van der Waals surface area contributed by atoms with Crippen molar-refractivity contribution in [3.8, 4) is 5.75 Å². The summed E-state index contributed by atoms with van der Waals surface area (Å²) in [6, 6.07) is 4.65. The fourth-order valence-electron chi connectivity index (χ4n) is 2.53. The zero-order chi connectivity index (χ0) is 13.7. The summed E-state index contributed by atoms with van der Waals surface area (Å²) in [4.78, 5) is 11.1. The van der Waals surface area contributed by atoms with Gasteiger partial charge in [0.15, 0.2) is 0 Å². The molecule has 1 aliphatic rings. The van der Waals surface area contributed by atoms with Crippen molar-refractivity contribution in [3.63, 3.8) is 0 Å². The number of ether oxygens (including phenoxy) is 1. The molecule has 0 spiro atoms. The van der Waals surface area contributed by atoms with E-state index in [4.69, 9.17) is 21.4 Å². The molecule has 1 N–H and O–H groups in total. The van der Waals surface area contributed by atoms with Crippen molar-refractivity contribution in [1.82, 2.24) is 0 Å². The SMILES string of the molecule is O=C(O)c1ccc(Cl)cc1OCC1CCCCCC1. The van der Waals surface area contributed by atoms with Crippen LogP contribution in [0.2, 0.25) is 5.02 Å². The summed E-state index contributed by atoms with van der Waals surface area (Å²) in [5.74, 6) is -0.0695. The molecule has 3 nitrogen and oxygen atoms in total. The van der Waals surface area contributed by atoms with E-state index in [0.717, 1.165) is 0 Å². The molecule has 4 heteroatoms. The summed E-state index contributed by atoms with van der Waals surface area (Å²) in [5.41, 5.74) is 0.179. The largest absolute Gasteiger partial charge is 0.492 e. The zero-order valence-electron chi connectivity index (χ0n) is 10.9. The molecule has 0 aromatic heterocycles. The van der Waals surface area contributed by atoms with E-state index in [2.05, 4.69) is 0 Å². The lowest BCUT2D eigenvalue weighted by atomic mass is 10.0. The van der Waals surface area contributed by atoms with Crippen LogP contribution >= 0.6 is 11.6 Å². The van der Waals surface area contributed by atoms with Gasteiger partial charge in [-0.15, -0.1) is 0 Å². The van der Waals surface area contributed by atoms with Crippen LogP contribution in [0.4, 0.5) is 0 Å². The van der Waals surface area contributed by atoms with Crippen molar-refractivity contribution in [3.05, 3.63) is 28.8 Å². The molecule has 1 aliphatic carbocycles. The number of rotatable bonds is 4. The minimum absolute atomic E-state index is 0.179. The van der Waals surface area contributed by atoms with Gasteiger partial charge in [0.2, 0.25) is 0 Å². The molecule has 0 saturated heterocycles. The molecule has 104 valence electrons. The van der Waals surface area contributed by atoms with Gasteiger partial charge in [0.25, 0.3) is 0 Å². The maximum absolute atomic E-state index is 11.1. The number of carbonyl (C=O) groups is 1. The smallest absolute Gasteiger partial charge is 0.339 e. The van der Waals surface area contributed by atoms with Gasteiger partial charge in [0.1, 0.15) is 11.3 Å². The Kier molecular flexibility index (Phi) is 5.08. The van der Waals surface area contributed by atoms with Crippen molar-refractivity contribution in [1.29, 1.82) is 0 Å². The Hall–Kier alpha value is -1.22. The molecule has 1 aromatic carbocycles. The summed E-state index contributed by atoms with van der Waals surface area (Å²) in [5, 5.41) is 9.62. The van der Waals surface area contributed by atoms with Crippen molar-refractivity contribution in [2.75, 3.05) is 6.61 Å². The number of hydrogen-bond donors (Lipinski definition) is 1. The van der Waals surface area contributed by atoms with E-state index in [0.29, 0.717) is 23.3 Å². The van der Waals surface area contributed by atoms with E-state index >= 15 is 0 Å². The maximum Gasteiger partial charge on any atom is 0.339 e. The summed E-state index contributed by atoms with van der Waals surface area (Å²) < 4.78 is 5.71. The van der Waals surface area contributed by atoms with E-state index in [1.165, 1.54) is 44.6 Å². The van der Waals surface area contributed by atoms with Crippen molar-refractivity contribution < 1.29 is 14.6 Å². The second kappa shape index (κ2) is 6.80. The Morgan fingerprint density at radius 2 is 1.95 bits per heavy atom. The average Bonchev–Trinajstić information content (AvgIpc) is 2.64. The third-order valence-electron chi connectivity index (χ3n) is 3.62. The Bertz CT molecular complexity index is 437. The third-order valence-corrected chi connectivity index (χ3v) is 3.86. The lowest BCUT2D eigenvalue weighted by Crippen LogP contribution is -2.13. The molecule has 1 saturated carbocycles. The van der Waals surface area contributed by atoms with Crippen LogP contribution in [0.5, 0.6) is 5.75 Å². The molecule has 19 heavy (non-hydrogen) atoms. The van der Waals surface area contributed by atoms with Crippen LogP contribution in [0.25, 0.3) is 0 Å². The van der Waals surface area contributed by atoms with Gasteiger partial charge in [0, 0.05) is 5.02 Å². The number of carboxylic acid groups (broad SMARTS) is 1. The highest BCUT2D eigenvalue weighted by molar-refractivity contribution is 6.30. The molecular formula is C15H19ClO3. The normalized spacial score (nSPS) is 16.9. The quantitative estimate of drug-likeness (QED) is 0.833. The Labute approximate surface area is 118 Å². The number of carboxylic acids is 1. The van der Waals surface area contributed by atoms with E-state index in [-0.39, 0.29) is 5.56 Å². The number of aromatic carboxylic acids is 1. The Morgan fingerprint density at radius 3 is 2.58 bits per heavy atom. The monoisotopic (exact) mass is 282 g/mol. The van der Waals surface area contributed by atoms with E-state index in [9.17, 15) is 4.79 Å². The van der Waals surface area contributed by atoms with Gasteiger partial charge in [-0.2, -0.15) is 0 Å². The minimum Gasteiger partial charge on any atom is -0.492 e. The zero-order valence-corrected chi connectivity index (χ0v) is 11.7. The number of halogens is 1. The van der Waals surface area contributed by atoms with E-state index in [1.807, 2.05) is 0 Å². The fourth-order valence-corrected chi connectivity index (χ4v) is 2.69. The van der Waals surface area contributed by atoms with Crippen LogP contribution < -0.4 is 4.74 Å². The predicted molar refractivity (Wildman–Crippen MR) is 75.1 cm³/mol. The molecule has 0 heterocycles. The predicted octanol–water partition coefficient (Wildman–Crippen LogP) is 4.39. The highest BCUT2D eigenvalue weighted by atomic mass is 35.5. The van der Waals surface area contributed by atoms with Gasteiger partial charge >= 0.3 is 5.97 Å². The summed E-state index contributed by atoms with van der Waals surface area (Å²) >= 11 is 5.90. The van der Waals surface area contributed by atoms with Crippen molar-refractivity contribution in [2.24, 2.45) is 5.92 Å². The molecule has 0 aliphatic heterocycles. The lowest BCUT2D eigenvalue weighted by molar-refractivity contribution is 0.0691. The lowest BCUT2D eigenvalue weighted by Gasteiger charge is -2.16. The highest BCUT2D eigenvalue weighted by Crippen LogP contribution is 2.27. The van der Waals surface area contributed by atoms with Crippen molar-refractivity contribution in [2.45, 2.75) is 38.5 Å². The van der Waals surface area contributed by atoms with Gasteiger partial charge in [-0.05, 0) is 37.0 Å². The molecule has 0 radical (unpaired) electrons. The van der Waals surface area contributed by atoms with Crippen LogP contribution in [0.3, 0.4) is 0 Å². The topological polar surface area (TPSA) is 46.5 Å². The summed E-state index contributed by atoms with van der Waals surface area (Å²) in [6.45, 7) is 0.584. The second-order valence-electron chi connectivity index (χ2n) is 5.11. The highest BCUT2D eigenvalue weighted by Gasteiger charge is 2.16. The van der Waals surface area contributed by atoms with Crippen LogP contribution in [0.1, 0.15) is 48.9 Å². The van der Waals surface area contributed by atoms with Gasteiger partial charge in [-0.3, -0.25) is 0 Å². The average molecular weight is 283 g/mol. The van der Waals surface area contributed by atoms with Crippen LogP contribution in [0, 0.1) is 5.92 Å². The fraction of sp³-hybridized carbons (Fsp3) is 0.533. The first-order valence-corrected chi connectivity index (χ1v) is 7.20. The standard InChI is InChI=1S/C15H19ClO3/c16-12-7-8-13(15(17)18)14(9-12)19-10-11-5-3-1-2-4-6-11/h7-9,11H,1-6,10H2,(H,17,18). The number of benzene rings is 1. The summed E-state index contributed by atoms with van der Waals surface area (Å²) in [7, 11) is 0. The van der Waals surface area contributed by atoms with Crippen LogP contribution in [0.15, 0.2) is 18.2 Å². The molecule has 1 fully saturated rings. The van der Waals surface area contributed by atoms with Crippen LogP contribution in [-0.4, -0.2) is 17.7 Å². The first-order valence-electron chi connectivity index (χ1n) is 6.82. The minimum atomic E-state index is -0.979. The molecule has 1 aromatic rings. The summed E-state index contributed by atoms with van der Waals surface area (Å²) in [6.07, 6.45) is 7.43. The first-order chi connectivity index (χ1) is 9.16. The maximum atomic E-state index is 11.1. The van der Waals surface area contributed by atoms with E-state index < -0.39 is 5.97 Å². The van der Waals surface area contributed by atoms with Crippen molar-refractivity contribution >= 4 is 17.6 Å². The molecule has 0 unspecified atom stereocenters. The Balaban J connectivity index is 2.01. The molecule has 2 rings (SSSR count). The third kappa shape index (κ3) is 4.13. The second-order valence-corrected chi connectivity index (χ2v) is 5.55. The molecule has 0 amide bonds. The molecule has 0 bridgehead atoms. The van der Waals surface area contributed by atoms with Gasteiger partial charge in [-0.1, -0.05) is 37.3 Å². The molecular weight excluding hydrogens is 264 g/mol. The molecule has 0 atom stereocenters. The van der Waals surface area contributed by atoms with Gasteiger partial charge in [-0.25, -0.2) is 4.79 Å². The van der Waals surface area contributed by atoms with Crippen LogP contribution in [-0.2, 0) is 0 Å². The van der Waals surface area contributed by atoms with E-state index in [1.54, 1.807) is 12.1 Å². The van der Waals surface area contributed by atoms with Gasteiger partial charge < -0.3 is 9.84 Å². The first kappa shape index (κ1) is 14.2.